The molecule has 0 unspecified atom stereocenters. The predicted octanol–water partition coefficient (Wildman–Crippen LogP) is 5.13. The molecule has 0 saturated heterocycles. The predicted molar refractivity (Wildman–Crippen MR) is 108 cm³/mol. The maximum atomic E-state index is 6.72. The Bertz CT molecular complexity index is 900. The molecule has 0 radical (unpaired) electrons. The molecular weight excluding hydrogens is 376 g/mol. The summed E-state index contributed by atoms with van der Waals surface area (Å²) in [4.78, 5) is 0. The zero-order valence-electron chi connectivity index (χ0n) is 17.1. The highest BCUT2D eigenvalue weighted by Crippen LogP contribution is 2.53. The van der Waals surface area contributed by atoms with Crippen molar-refractivity contribution in [2.75, 3.05) is 21.0 Å². The molecule has 2 aromatic carbocycles. The van der Waals surface area contributed by atoms with Crippen LogP contribution in [-0.2, 0) is 0 Å². The lowest BCUT2D eigenvalue weighted by Gasteiger charge is -2.36. The molecule has 2 aromatic rings. The first-order chi connectivity index (χ1) is 13.4. The van der Waals surface area contributed by atoms with E-state index in [0.29, 0.717) is 23.0 Å². The van der Waals surface area contributed by atoms with Gasteiger partial charge < -0.3 is 27.8 Å². The van der Waals surface area contributed by atoms with Gasteiger partial charge in [0.1, 0.15) is 11.5 Å². The maximum absolute atomic E-state index is 6.72. The van der Waals surface area contributed by atoms with Crippen LogP contribution in [0.15, 0.2) is 24.3 Å². The second-order valence-electron chi connectivity index (χ2n) is 7.64. The Labute approximate surface area is 166 Å². The highest BCUT2D eigenvalue weighted by atomic mass is 28.4. The first-order valence-electron chi connectivity index (χ1n) is 9.47. The van der Waals surface area contributed by atoms with Crippen LogP contribution in [0.1, 0.15) is 27.7 Å². The highest BCUT2D eigenvalue weighted by molar-refractivity contribution is 6.71. The summed E-state index contributed by atoms with van der Waals surface area (Å²) in [5.41, 5.74) is 2.24. The Morgan fingerprint density at radius 3 is 1.79 bits per heavy atom. The first-order valence-corrected chi connectivity index (χ1v) is 11.4. The number of hydrogen-bond acceptors (Lipinski definition) is 6. The molecule has 2 aliphatic heterocycles. The quantitative estimate of drug-likeness (QED) is 0.661. The van der Waals surface area contributed by atoms with Crippen molar-refractivity contribution in [3.05, 3.63) is 24.3 Å². The molecule has 0 spiro atoms. The largest absolute Gasteiger partial charge is 0.511 e. The van der Waals surface area contributed by atoms with Gasteiger partial charge in [-0.2, -0.15) is 0 Å². The molecule has 0 aromatic heterocycles. The van der Waals surface area contributed by atoms with Gasteiger partial charge in [0.05, 0.1) is 14.2 Å². The molecule has 0 bridgehead atoms. The third-order valence-electron chi connectivity index (χ3n) is 5.40. The van der Waals surface area contributed by atoms with Gasteiger partial charge in [-0.15, -0.1) is 0 Å². The van der Waals surface area contributed by atoms with E-state index in [4.69, 9.17) is 27.8 Å². The second-order valence-corrected chi connectivity index (χ2v) is 11.8. The second kappa shape index (κ2) is 6.81. The smallest absolute Gasteiger partial charge is 0.465 e. The number of fused-ring (bicyclic) bond motifs is 4. The van der Waals surface area contributed by atoms with Gasteiger partial charge in [-0.25, -0.2) is 0 Å². The van der Waals surface area contributed by atoms with E-state index in [9.17, 15) is 0 Å². The molecule has 4 rings (SSSR count). The third-order valence-corrected chi connectivity index (χ3v) is 9.70. The Morgan fingerprint density at radius 1 is 0.714 bits per heavy atom. The van der Waals surface area contributed by atoms with Crippen LogP contribution in [0.5, 0.6) is 34.5 Å². The van der Waals surface area contributed by atoms with Gasteiger partial charge in [0.25, 0.3) is 0 Å². The zero-order valence-corrected chi connectivity index (χ0v) is 18.1. The lowest BCUT2D eigenvalue weighted by molar-refractivity contribution is 0.174. The third kappa shape index (κ3) is 2.76. The molecule has 150 valence electrons. The van der Waals surface area contributed by atoms with E-state index < -0.39 is 8.56 Å². The van der Waals surface area contributed by atoms with Crippen LogP contribution in [0.2, 0.25) is 11.1 Å². The molecule has 0 atom stereocenters. The van der Waals surface area contributed by atoms with Gasteiger partial charge >= 0.3 is 8.56 Å². The van der Waals surface area contributed by atoms with Crippen molar-refractivity contribution in [3.63, 3.8) is 0 Å². The Balaban J connectivity index is 2.01. The van der Waals surface area contributed by atoms with Crippen LogP contribution in [-0.4, -0.2) is 29.6 Å². The van der Waals surface area contributed by atoms with E-state index in [1.807, 2.05) is 24.3 Å². The Hall–Kier alpha value is -2.54. The number of benzene rings is 2. The minimum atomic E-state index is -2.68. The van der Waals surface area contributed by atoms with Crippen molar-refractivity contribution in [1.82, 2.24) is 0 Å². The molecule has 28 heavy (non-hydrogen) atoms. The van der Waals surface area contributed by atoms with E-state index in [1.165, 1.54) is 0 Å². The molecule has 0 saturated carbocycles. The van der Waals surface area contributed by atoms with E-state index in [2.05, 4.69) is 27.7 Å². The average Bonchev–Trinajstić information content (AvgIpc) is 3.07. The average molecular weight is 403 g/mol. The topological polar surface area (TPSA) is 55.4 Å². The van der Waals surface area contributed by atoms with Crippen LogP contribution in [0.25, 0.3) is 11.1 Å². The van der Waals surface area contributed by atoms with Crippen molar-refractivity contribution in [2.45, 2.75) is 38.8 Å². The summed E-state index contributed by atoms with van der Waals surface area (Å²) < 4.78 is 35.7. The molecule has 0 fully saturated rings. The highest BCUT2D eigenvalue weighted by Gasteiger charge is 2.51. The number of ether oxygens (including phenoxy) is 4. The van der Waals surface area contributed by atoms with Crippen molar-refractivity contribution >= 4 is 8.56 Å². The SMILES string of the molecule is COc1cc2c(cc1OC)-c1cc3c(cc1O[Si](C(C)C)(C(C)C)O2)OCO3. The number of rotatable bonds is 4. The van der Waals surface area contributed by atoms with Gasteiger partial charge in [-0.1, -0.05) is 27.7 Å². The fourth-order valence-corrected chi connectivity index (χ4v) is 7.22. The van der Waals surface area contributed by atoms with Crippen LogP contribution in [0, 0.1) is 0 Å². The van der Waals surface area contributed by atoms with Crippen molar-refractivity contribution in [1.29, 1.82) is 0 Å². The minimum Gasteiger partial charge on any atom is -0.511 e. The fourth-order valence-electron chi connectivity index (χ4n) is 3.88. The molecule has 0 N–H and O–H groups in total. The molecule has 2 heterocycles. The first kappa shape index (κ1) is 18.8. The van der Waals surface area contributed by atoms with Crippen LogP contribution in [0.3, 0.4) is 0 Å². The van der Waals surface area contributed by atoms with Crippen LogP contribution >= 0.6 is 0 Å². The van der Waals surface area contributed by atoms with E-state index in [0.717, 1.165) is 22.6 Å². The summed E-state index contributed by atoms with van der Waals surface area (Å²) in [5, 5.41) is 0. The van der Waals surface area contributed by atoms with Gasteiger partial charge in [-0.3, -0.25) is 0 Å². The van der Waals surface area contributed by atoms with Crippen LogP contribution in [0.4, 0.5) is 0 Å². The number of methoxy groups -OCH3 is 2. The summed E-state index contributed by atoms with van der Waals surface area (Å²) in [5.74, 6) is 4.15. The van der Waals surface area contributed by atoms with Crippen molar-refractivity contribution in [3.8, 4) is 45.6 Å². The standard InChI is InChI=1S/C21H26O6Si/c1-12(2)28(13(3)4)26-16-9-19(23-6)18(22-5)7-14(16)15-8-20-21(25-11-24-20)10-17(15)27-28/h7-10,12-13H,11H2,1-6H3. The summed E-state index contributed by atoms with van der Waals surface area (Å²) in [6.07, 6.45) is 0. The monoisotopic (exact) mass is 402 g/mol. The maximum Gasteiger partial charge on any atom is 0.465 e. The van der Waals surface area contributed by atoms with Gasteiger partial charge in [0.15, 0.2) is 23.0 Å². The van der Waals surface area contributed by atoms with E-state index in [1.54, 1.807) is 14.2 Å². The van der Waals surface area contributed by atoms with Crippen molar-refractivity contribution in [2.24, 2.45) is 0 Å². The summed E-state index contributed by atoms with van der Waals surface area (Å²) in [6.45, 7) is 8.84. The van der Waals surface area contributed by atoms with Gasteiger partial charge in [0.2, 0.25) is 6.79 Å². The molecule has 6 nitrogen and oxygen atoms in total. The van der Waals surface area contributed by atoms with E-state index >= 15 is 0 Å². The summed E-state index contributed by atoms with van der Waals surface area (Å²) >= 11 is 0. The van der Waals surface area contributed by atoms with E-state index in [-0.39, 0.29) is 17.9 Å². The zero-order chi connectivity index (χ0) is 20.1. The van der Waals surface area contributed by atoms with Crippen molar-refractivity contribution < 1.29 is 27.8 Å². The normalized spacial score (nSPS) is 16.0. The summed E-state index contributed by atoms with van der Waals surface area (Å²) in [6, 6.07) is 7.70. The van der Waals surface area contributed by atoms with Gasteiger partial charge in [0, 0.05) is 34.3 Å². The Kier molecular flexibility index (Phi) is 4.57. The lowest BCUT2D eigenvalue weighted by Crippen LogP contribution is -2.53. The summed E-state index contributed by atoms with van der Waals surface area (Å²) in [7, 11) is 0.570. The van der Waals surface area contributed by atoms with Gasteiger partial charge in [-0.05, 0) is 12.1 Å². The van der Waals surface area contributed by atoms with Crippen LogP contribution < -0.4 is 27.8 Å². The molecule has 0 aliphatic carbocycles. The molecule has 0 amide bonds. The fraction of sp³-hybridized carbons (Fsp3) is 0.429. The number of hydrogen-bond donors (Lipinski definition) is 0. The molecule has 2 aliphatic rings. The molecular formula is C21H26O6Si. The molecule has 7 heteroatoms. The Morgan fingerprint density at radius 2 is 1.21 bits per heavy atom. The minimum absolute atomic E-state index is 0.213. The lowest BCUT2D eigenvalue weighted by atomic mass is 10.0.